The smallest absolute Gasteiger partial charge is 0.356 e. The van der Waals surface area contributed by atoms with E-state index < -0.39 is 11.7 Å². The maximum Gasteiger partial charge on any atom is 0.416 e. The predicted molar refractivity (Wildman–Crippen MR) is 121 cm³/mol. The van der Waals surface area contributed by atoms with Crippen molar-refractivity contribution in [2.45, 2.75) is 52.8 Å². The van der Waals surface area contributed by atoms with Crippen molar-refractivity contribution in [2.24, 2.45) is 11.3 Å². The van der Waals surface area contributed by atoms with Crippen molar-refractivity contribution in [3.63, 3.8) is 0 Å². The number of benzene rings is 2. The average molecular weight is 447 g/mol. The van der Waals surface area contributed by atoms with Crippen molar-refractivity contribution in [2.75, 3.05) is 19.6 Å². The fourth-order valence-corrected chi connectivity index (χ4v) is 3.83. The SMILES string of the molecule is CC(C)(C)CCNC(=O)C1CN(Cc2ccc(CCc3cccc(C(F)(F)F)c3)cc2)C1. The highest BCUT2D eigenvalue weighted by molar-refractivity contribution is 5.80. The van der Waals surface area contributed by atoms with Crippen molar-refractivity contribution in [1.29, 1.82) is 0 Å². The molecular formula is C26H33F3N2O. The van der Waals surface area contributed by atoms with Crippen LogP contribution in [0, 0.1) is 11.3 Å². The fraction of sp³-hybridized carbons (Fsp3) is 0.500. The molecule has 0 unspecified atom stereocenters. The van der Waals surface area contributed by atoms with E-state index in [1.54, 1.807) is 6.07 Å². The first-order valence-corrected chi connectivity index (χ1v) is 11.2. The molecule has 2 aromatic rings. The molecule has 1 amide bonds. The van der Waals surface area contributed by atoms with E-state index in [1.165, 1.54) is 17.7 Å². The maximum atomic E-state index is 12.9. The van der Waals surface area contributed by atoms with Crippen LogP contribution in [0.25, 0.3) is 0 Å². The number of hydrogen-bond donors (Lipinski definition) is 1. The van der Waals surface area contributed by atoms with E-state index >= 15 is 0 Å². The first-order chi connectivity index (χ1) is 15.0. The van der Waals surface area contributed by atoms with Gasteiger partial charge in [-0.2, -0.15) is 13.2 Å². The monoisotopic (exact) mass is 446 g/mol. The number of halogens is 3. The summed E-state index contributed by atoms with van der Waals surface area (Å²) >= 11 is 0. The van der Waals surface area contributed by atoms with Crippen LogP contribution in [0.2, 0.25) is 0 Å². The number of carbonyl (C=O) groups excluding carboxylic acids is 1. The lowest BCUT2D eigenvalue weighted by molar-refractivity contribution is -0.137. The highest BCUT2D eigenvalue weighted by atomic mass is 19.4. The Morgan fingerprint density at radius 1 is 0.969 bits per heavy atom. The van der Waals surface area contributed by atoms with Gasteiger partial charge in [0.25, 0.3) is 0 Å². The summed E-state index contributed by atoms with van der Waals surface area (Å²) in [7, 11) is 0. The summed E-state index contributed by atoms with van der Waals surface area (Å²) in [5, 5.41) is 3.04. The van der Waals surface area contributed by atoms with Gasteiger partial charge in [0, 0.05) is 26.2 Å². The summed E-state index contributed by atoms with van der Waals surface area (Å²) in [6.45, 7) is 9.58. The molecule has 1 saturated heterocycles. The van der Waals surface area contributed by atoms with Gasteiger partial charge in [-0.15, -0.1) is 0 Å². The van der Waals surface area contributed by atoms with Crippen LogP contribution in [-0.4, -0.2) is 30.4 Å². The molecule has 0 aliphatic carbocycles. The van der Waals surface area contributed by atoms with Gasteiger partial charge in [-0.3, -0.25) is 9.69 Å². The van der Waals surface area contributed by atoms with Crippen LogP contribution < -0.4 is 5.32 Å². The number of nitrogens with zero attached hydrogens (tertiary/aromatic N) is 1. The van der Waals surface area contributed by atoms with Crippen molar-refractivity contribution >= 4 is 5.91 Å². The lowest BCUT2D eigenvalue weighted by atomic mass is 9.92. The standard InChI is InChI=1S/C26H33F3N2O/c1-25(2,3)13-14-30-24(32)22-17-31(18-22)16-21-11-8-19(9-12-21)7-10-20-5-4-6-23(15-20)26(27,28)29/h4-6,8-9,11-12,15,22H,7,10,13-14,16-18H2,1-3H3,(H,30,32). The van der Waals surface area contributed by atoms with E-state index in [2.05, 4.69) is 43.1 Å². The zero-order valence-corrected chi connectivity index (χ0v) is 19.1. The van der Waals surface area contributed by atoms with Gasteiger partial charge in [0.2, 0.25) is 5.91 Å². The molecule has 1 fully saturated rings. The third-order valence-electron chi connectivity index (χ3n) is 5.89. The number of alkyl halides is 3. The molecule has 1 N–H and O–H groups in total. The summed E-state index contributed by atoms with van der Waals surface area (Å²) in [5.74, 6) is 0.220. The van der Waals surface area contributed by atoms with Crippen LogP contribution >= 0.6 is 0 Å². The molecule has 1 heterocycles. The molecule has 3 nitrogen and oxygen atoms in total. The second-order valence-corrected chi connectivity index (χ2v) is 10.0. The molecule has 0 bridgehead atoms. The third-order valence-corrected chi connectivity index (χ3v) is 5.89. The first-order valence-electron chi connectivity index (χ1n) is 11.2. The highest BCUT2D eigenvalue weighted by Crippen LogP contribution is 2.29. The molecule has 3 rings (SSSR count). The molecule has 0 aromatic heterocycles. The topological polar surface area (TPSA) is 32.3 Å². The molecule has 1 aliphatic heterocycles. The minimum atomic E-state index is -4.30. The molecule has 0 radical (unpaired) electrons. The summed E-state index contributed by atoms with van der Waals surface area (Å²) in [5.41, 5.74) is 2.60. The van der Waals surface area contributed by atoms with E-state index in [1.807, 2.05) is 12.1 Å². The Hall–Kier alpha value is -2.34. The summed E-state index contributed by atoms with van der Waals surface area (Å²) < 4.78 is 38.6. The fourth-order valence-electron chi connectivity index (χ4n) is 3.83. The average Bonchev–Trinajstić information content (AvgIpc) is 2.68. The van der Waals surface area contributed by atoms with E-state index in [0.29, 0.717) is 18.4 Å². The molecule has 6 heteroatoms. The van der Waals surface area contributed by atoms with Gasteiger partial charge in [-0.25, -0.2) is 0 Å². The van der Waals surface area contributed by atoms with E-state index in [0.717, 1.165) is 44.2 Å². The van der Waals surface area contributed by atoms with Crippen molar-refractivity contribution in [1.82, 2.24) is 10.2 Å². The number of nitrogens with one attached hydrogen (secondary N) is 1. The van der Waals surface area contributed by atoms with E-state index in [-0.39, 0.29) is 17.2 Å². The predicted octanol–water partition coefficient (Wildman–Crippen LogP) is 5.47. The van der Waals surface area contributed by atoms with Crippen LogP contribution in [-0.2, 0) is 30.4 Å². The Kier molecular flexibility index (Phi) is 7.65. The summed E-state index contributed by atoms with van der Waals surface area (Å²) in [4.78, 5) is 14.5. The van der Waals surface area contributed by atoms with Gasteiger partial charge in [0.15, 0.2) is 0 Å². The van der Waals surface area contributed by atoms with Gasteiger partial charge in [-0.1, -0.05) is 63.2 Å². The minimum Gasteiger partial charge on any atom is -0.356 e. The van der Waals surface area contributed by atoms with E-state index in [9.17, 15) is 18.0 Å². The highest BCUT2D eigenvalue weighted by Gasteiger charge is 2.32. The van der Waals surface area contributed by atoms with Crippen LogP contribution in [0.4, 0.5) is 13.2 Å². The molecule has 0 atom stereocenters. The Bertz CT molecular complexity index is 895. The number of aryl methyl sites for hydroxylation is 2. The van der Waals surface area contributed by atoms with Gasteiger partial charge < -0.3 is 5.32 Å². The van der Waals surface area contributed by atoms with Crippen molar-refractivity contribution in [3.8, 4) is 0 Å². The molecule has 0 spiro atoms. The number of likely N-dealkylation sites (tertiary alicyclic amines) is 1. The van der Waals surface area contributed by atoms with Crippen molar-refractivity contribution < 1.29 is 18.0 Å². The van der Waals surface area contributed by atoms with Crippen LogP contribution in [0.5, 0.6) is 0 Å². The lowest BCUT2D eigenvalue weighted by Gasteiger charge is -2.38. The zero-order chi connectivity index (χ0) is 23.4. The second kappa shape index (κ2) is 10.1. The number of rotatable bonds is 8. The number of hydrogen-bond acceptors (Lipinski definition) is 2. The Balaban J connectivity index is 1.40. The van der Waals surface area contributed by atoms with Crippen LogP contribution in [0.1, 0.15) is 49.4 Å². The van der Waals surface area contributed by atoms with Crippen molar-refractivity contribution in [3.05, 3.63) is 70.8 Å². The summed E-state index contributed by atoms with van der Waals surface area (Å²) in [6, 6.07) is 13.8. The maximum absolute atomic E-state index is 12.9. The van der Waals surface area contributed by atoms with Gasteiger partial charge in [-0.05, 0) is 47.4 Å². The molecule has 0 saturated carbocycles. The molecule has 174 valence electrons. The van der Waals surface area contributed by atoms with Crippen LogP contribution in [0.3, 0.4) is 0 Å². The first kappa shape index (κ1) is 24.3. The lowest BCUT2D eigenvalue weighted by Crippen LogP contribution is -2.53. The molecular weight excluding hydrogens is 413 g/mol. The minimum absolute atomic E-state index is 0.0710. The Morgan fingerprint density at radius 2 is 1.59 bits per heavy atom. The zero-order valence-electron chi connectivity index (χ0n) is 19.1. The normalized spacial score (nSPS) is 15.4. The molecule has 32 heavy (non-hydrogen) atoms. The van der Waals surface area contributed by atoms with E-state index in [4.69, 9.17) is 0 Å². The summed E-state index contributed by atoms with van der Waals surface area (Å²) in [6.07, 6.45) is -2.07. The number of carbonyl (C=O) groups is 1. The molecule has 1 aliphatic rings. The molecule has 2 aromatic carbocycles. The Morgan fingerprint density at radius 3 is 2.22 bits per heavy atom. The largest absolute Gasteiger partial charge is 0.416 e. The quantitative estimate of drug-likeness (QED) is 0.583. The van der Waals surface area contributed by atoms with Gasteiger partial charge >= 0.3 is 6.18 Å². The third kappa shape index (κ3) is 7.37. The second-order valence-electron chi connectivity index (χ2n) is 10.0. The Labute approximate surface area is 189 Å². The van der Waals surface area contributed by atoms with Crippen LogP contribution in [0.15, 0.2) is 48.5 Å². The van der Waals surface area contributed by atoms with Gasteiger partial charge in [0.1, 0.15) is 0 Å². The number of amides is 1. The van der Waals surface area contributed by atoms with Gasteiger partial charge in [0.05, 0.1) is 11.5 Å².